The molecule has 0 aliphatic carbocycles. The van der Waals surface area contributed by atoms with Gasteiger partial charge in [-0.05, 0) is 49.6 Å². The third-order valence-electron chi connectivity index (χ3n) is 6.39. The fourth-order valence-electron chi connectivity index (χ4n) is 4.06. The molecular weight excluding hydrogens is 557 g/mol. The number of benzene rings is 3. The van der Waals surface area contributed by atoms with Crippen LogP contribution in [0.15, 0.2) is 83.8 Å². The van der Waals surface area contributed by atoms with Gasteiger partial charge in [0.05, 0.1) is 20.6 Å². The van der Waals surface area contributed by atoms with E-state index in [2.05, 4.69) is 5.32 Å². The SMILES string of the molecule is CC[C@H](C)NC(=O)[C@H](CC)N(Cc1ccccc1)C(=O)CN(c1cccc(Cl)c1Cl)S(=O)(=O)c1ccccc1. The van der Waals surface area contributed by atoms with E-state index < -0.39 is 28.5 Å². The Morgan fingerprint density at radius 1 is 0.872 bits per heavy atom. The van der Waals surface area contributed by atoms with Gasteiger partial charge >= 0.3 is 0 Å². The van der Waals surface area contributed by atoms with Crippen LogP contribution in [0.5, 0.6) is 0 Å². The van der Waals surface area contributed by atoms with E-state index >= 15 is 0 Å². The Kier molecular flexibility index (Phi) is 10.8. The van der Waals surface area contributed by atoms with Crippen LogP contribution in [-0.4, -0.2) is 43.8 Å². The van der Waals surface area contributed by atoms with Gasteiger partial charge in [0.2, 0.25) is 11.8 Å². The largest absolute Gasteiger partial charge is 0.352 e. The smallest absolute Gasteiger partial charge is 0.264 e. The van der Waals surface area contributed by atoms with Crippen molar-refractivity contribution in [3.8, 4) is 0 Å². The van der Waals surface area contributed by atoms with Crippen LogP contribution in [-0.2, 0) is 26.2 Å². The van der Waals surface area contributed by atoms with Crippen molar-refractivity contribution >= 4 is 50.7 Å². The molecule has 2 atom stereocenters. The van der Waals surface area contributed by atoms with Gasteiger partial charge in [-0.2, -0.15) is 0 Å². The molecule has 1 N–H and O–H groups in total. The number of sulfonamides is 1. The number of anilines is 1. The minimum atomic E-state index is -4.23. The Morgan fingerprint density at radius 2 is 1.49 bits per heavy atom. The van der Waals surface area contributed by atoms with Crippen LogP contribution in [0, 0.1) is 0 Å². The molecule has 0 unspecified atom stereocenters. The van der Waals surface area contributed by atoms with E-state index in [4.69, 9.17) is 23.2 Å². The number of nitrogens with zero attached hydrogens (tertiary/aromatic N) is 2. The van der Waals surface area contributed by atoms with Crippen LogP contribution in [0.3, 0.4) is 0 Å². The van der Waals surface area contributed by atoms with E-state index in [9.17, 15) is 18.0 Å². The summed E-state index contributed by atoms with van der Waals surface area (Å²) in [5.74, 6) is -0.852. The average Bonchev–Trinajstić information content (AvgIpc) is 2.94. The lowest BCUT2D eigenvalue weighted by atomic mass is 10.1. The lowest BCUT2D eigenvalue weighted by Crippen LogP contribution is -2.53. The van der Waals surface area contributed by atoms with Crippen LogP contribution in [0.2, 0.25) is 10.0 Å². The summed E-state index contributed by atoms with van der Waals surface area (Å²) in [6.45, 7) is 5.20. The standard InChI is InChI=1S/C29H33Cl2N3O4S/c1-4-21(3)32-29(36)25(5-2)33(19-22-13-8-6-9-14-22)27(35)20-34(26-18-12-17-24(30)28(26)31)39(37,38)23-15-10-7-11-16-23/h6-18,21,25H,4-5,19-20H2,1-3H3,(H,32,36)/t21-,25-/m0/s1. The maximum atomic E-state index is 14.0. The minimum Gasteiger partial charge on any atom is -0.352 e. The quantitative estimate of drug-likeness (QED) is 0.284. The van der Waals surface area contributed by atoms with Gasteiger partial charge in [-0.3, -0.25) is 13.9 Å². The zero-order chi connectivity index (χ0) is 28.6. The molecule has 10 heteroatoms. The van der Waals surface area contributed by atoms with Gasteiger partial charge in [0.25, 0.3) is 10.0 Å². The maximum Gasteiger partial charge on any atom is 0.264 e. The molecule has 0 fully saturated rings. The number of carbonyl (C=O) groups excluding carboxylic acids is 2. The highest BCUT2D eigenvalue weighted by atomic mass is 35.5. The van der Waals surface area contributed by atoms with Crippen LogP contribution in [0.1, 0.15) is 39.2 Å². The summed E-state index contributed by atoms with van der Waals surface area (Å²) in [6.07, 6.45) is 1.06. The first-order chi connectivity index (χ1) is 18.6. The third kappa shape index (κ3) is 7.53. The summed E-state index contributed by atoms with van der Waals surface area (Å²) in [5, 5.41) is 3.11. The van der Waals surface area contributed by atoms with Crippen LogP contribution in [0.4, 0.5) is 5.69 Å². The van der Waals surface area contributed by atoms with E-state index in [1.807, 2.05) is 51.1 Å². The van der Waals surface area contributed by atoms with E-state index in [1.54, 1.807) is 24.3 Å². The first-order valence-corrected chi connectivity index (χ1v) is 14.9. The third-order valence-corrected chi connectivity index (χ3v) is 8.98. The number of hydrogen-bond donors (Lipinski definition) is 1. The van der Waals surface area contributed by atoms with E-state index in [0.29, 0.717) is 6.42 Å². The summed E-state index contributed by atoms with van der Waals surface area (Å²) in [6, 6.07) is 20.7. The number of hydrogen-bond acceptors (Lipinski definition) is 4. The molecule has 3 aromatic carbocycles. The summed E-state index contributed by atoms with van der Waals surface area (Å²) in [7, 11) is -4.23. The highest BCUT2D eigenvalue weighted by Gasteiger charge is 2.34. The Morgan fingerprint density at radius 3 is 2.08 bits per heavy atom. The lowest BCUT2D eigenvalue weighted by Gasteiger charge is -2.34. The Bertz CT molecular complexity index is 1370. The zero-order valence-electron chi connectivity index (χ0n) is 22.2. The highest BCUT2D eigenvalue weighted by Crippen LogP contribution is 2.35. The minimum absolute atomic E-state index is 0.00244. The average molecular weight is 591 g/mol. The molecule has 3 rings (SSSR count). The van der Waals surface area contributed by atoms with Gasteiger partial charge in [0.1, 0.15) is 12.6 Å². The van der Waals surface area contributed by atoms with Gasteiger partial charge < -0.3 is 10.2 Å². The molecule has 0 radical (unpaired) electrons. The monoisotopic (exact) mass is 589 g/mol. The summed E-state index contributed by atoms with van der Waals surface area (Å²) >= 11 is 12.7. The second-order valence-corrected chi connectivity index (χ2v) is 11.8. The van der Waals surface area contributed by atoms with Crippen molar-refractivity contribution in [1.82, 2.24) is 10.2 Å². The topological polar surface area (TPSA) is 86.8 Å². The Labute approximate surface area is 240 Å². The fraction of sp³-hybridized carbons (Fsp3) is 0.310. The van der Waals surface area contributed by atoms with Gasteiger partial charge in [-0.15, -0.1) is 0 Å². The van der Waals surface area contributed by atoms with Gasteiger partial charge in [-0.25, -0.2) is 8.42 Å². The van der Waals surface area contributed by atoms with Crippen molar-refractivity contribution in [2.45, 2.75) is 57.1 Å². The molecular formula is C29H33Cl2N3O4S. The molecule has 0 aromatic heterocycles. The number of amides is 2. The predicted molar refractivity (Wildman–Crippen MR) is 156 cm³/mol. The molecule has 39 heavy (non-hydrogen) atoms. The molecule has 3 aromatic rings. The first-order valence-electron chi connectivity index (χ1n) is 12.8. The van der Waals surface area contributed by atoms with Crippen molar-refractivity contribution in [3.05, 3.63) is 94.5 Å². The van der Waals surface area contributed by atoms with Gasteiger partial charge in [-0.1, -0.05) is 91.6 Å². The molecule has 0 aliphatic heterocycles. The molecule has 0 heterocycles. The summed E-state index contributed by atoms with van der Waals surface area (Å²) < 4.78 is 28.6. The van der Waals surface area contributed by atoms with Crippen molar-refractivity contribution in [3.63, 3.8) is 0 Å². The summed E-state index contributed by atoms with van der Waals surface area (Å²) in [5.41, 5.74) is 0.872. The zero-order valence-corrected chi connectivity index (χ0v) is 24.5. The molecule has 0 saturated carbocycles. The number of halogens is 2. The van der Waals surface area contributed by atoms with E-state index in [1.165, 1.54) is 29.2 Å². The molecule has 0 bridgehead atoms. The van der Waals surface area contributed by atoms with Crippen LogP contribution < -0.4 is 9.62 Å². The molecule has 208 valence electrons. The number of rotatable bonds is 12. The number of carbonyl (C=O) groups is 2. The van der Waals surface area contributed by atoms with E-state index in [0.717, 1.165) is 16.3 Å². The van der Waals surface area contributed by atoms with Crippen molar-refractivity contribution < 1.29 is 18.0 Å². The normalized spacial score (nSPS) is 12.8. The Balaban J connectivity index is 2.08. The summed E-state index contributed by atoms with van der Waals surface area (Å²) in [4.78, 5) is 28.7. The second kappa shape index (κ2) is 13.8. The van der Waals surface area contributed by atoms with Crippen LogP contribution >= 0.6 is 23.2 Å². The molecule has 0 spiro atoms. The molecule has 7 nitrogen and oxygen atoms in total. The Hall–Kier alpha value is -3.07. The highest BCUT2D eigenvalue weighted by molar-refractivity contribution is 7.92. The first kappa shape index (κ1) is 30.5. The van der Waals surface area contributed by atoms with Crippen molar-refractivity contribution in [2.24, 2.45) is 0 Å². The van der Waals surface area contributed by atoms with Crippen LogP contribution in [0.25, 0.3) is 0 Å². The van der Waals surface area contributed by atoms with Crippen molar-refractivity contribution in [1.29, 1.82) is 0 Å². The van der Waals surface area contributed by atoms with Gasteiger partial charge in [0, 0.05) is 12.6 Å². The fourth-order valence-corrected chi connectivity index (χ4v) is 5.95. The molecule has 2 amide bonds. The van der Waals surface area contributed by atoms with E-state index in [-0.39, 0.29) is 39.1 Å². The van der Waals surface area contributed by atoms with Crippen molar-refractivity contribution in [2.75, 3.05) is 10.8 Å². The predicted octanol–water partition coefficient (Wildman–Crippen LogP) is 5.91. The van der Waals surface area contributed by atoms with Gasteiger partial charge in [0.15, 0.2) is 0 Å². The second-order valence-electron chi connectivity index (χ2n) is 9.15. The molecule has 0 aliphatic rings. The lowest BCUT2D eigenvalue weighted by molar-refractivity contribution is -0.140. The maximum absolute atomic E-state index is 14.0. The number of nitrogens with one attached hydrogen (secondary N) is 1. The molecule has 0 saturated heterocycles.